The number of rotatable bonds is 5. The number of halogens is 3. The van der Waals surface area contributed by atoms with Crippen molar-refractivity contribution in [2.24, 2.45) is 0 Å². The zero-order valence-corrected chi connectivity index (χ0v) is 13.0. The molecule has 0 radical (unpaired) electrons. The first kappa shape index (κ1) is 17.1. The highest BCUT2D eigenvalue weighted by atomic mass is 19.4. The Morgan fingerprint density at radius 2 is 1.95 bits per heavy atom. The maximum Gasteiger partial charge on any atom is 0.416 e. The van der Waals surface area contributed by atoms with Crippen LogP contribution in [0, 0.1) is 0 Å². The summed E-state index contributed by atoms with van der Waals surface area (Å²) in [5.41, 5.74) is 0.183. The Labute approximate surface area is 129 Å². The highest BCUT2D eigenvalue weighted by Gasteiger charge is 2.32. The van der Waals surface area contributed by atoms with Crippen molar-refractivity contribution < 1.29 is 17.9 Å². The number of alkyl halides is 3. The molecule has 1 aromatic rings. The van der Waals surface area contributed by atoms with E-state index in [9.17, 15) is 13.2 Å². The predicted octanol–water partition coefficient (Wildman–Crippen LogP) is 3.46. The topological polar surface area (TPSA) is 24.5 Å². The molecule has 0 saturated carbocycles. The third kappa shape index (κ3) is 3.93. The molecule has 0 aliphatic carbocycles. The van der Waals surface area contributed by atoms with E-state index in [-0.39, 0.29) is 6.04 Å². The molecule has 22 heavy (non-hydrogen) atoms. The Hall–Kier alpha value is -1.27. The van der Waals surface area contributed by atoms with Crippen molar-refractivity contribution in [2.75, 3.05) is 33.3 Å². The second kappa shape index (κ2) is 7.33. The Kier molecular flexibility index (Phi) is 5.69. The van der Waals surface area contributed by atoms with Gasteiger partial charge in [-0.3, -0.25) is 4.90 Å². The lowest BCUT2D eigenvalue weighted by Gasteiger charge is -2.36. The number of ether oxygens (including phenoxy) is 1. The Morgan fingerprint density at radius 3 is 2.50 bits per heavy atom. The van der Waals surface area contributed by atoms with E-state index < -0.39 is 11.7 Å². The third-order valence-electron chi connectivity index (χ3n) is 4.07. The monoisotopic (exact) mass is 316 g/mol. The molecular weight excluding hydrogens is 293 g/mol. The van der Waals surface area contributed by atoms with Crippen molar-refractivity contribution in [2.45, 2.75) is 32.0 Å². The first-order valence-electron chi connectivity index (χ1n) is 7.67. The van der Waals surface area contributed by atoms with Crippen molar-refractivity contribution in [1.29, 1.82) is 0 Å². The van der Waals surface area contributed by atoms with Crippen LogP contribution in [0.2, 0.25) is 0 Å². The molecule has 0 unspecified atom stereocenters. The van der Waals surface area contributed by atoms with Gasteiger partial charge in [0.1, 0.15) is 5.75 Å². The molecular formula is C16H23F3N2O. The fourth-order valence-electron chi connectivity index (χ4n) is 2.96. The lowest BCUT2D eigenvalue weighted by molar-refractivity contribution is -0.137. The summed E-state index contributed by atoms with van der Waals surface area (Å²) in [7, 11) is 1.43. The molecule has 1 saturated heterocycles. The van der Waals surface area contributed by atoms with E-state index in [0.29, 0.717) is 5.75 Å². The standard InChI is InChI=1S/C16H23F3N2O/c1-3-4-14(21-9-7-20-8-10-21)13-6-5-12(16(17,18)19)11-15(13)22-2/h5-6,11,14,20H,3-4,7-10H2,1-2H3/t14-/m0/s1. The van der Waals surface area contributed by atoms with Gasteiger partial charge >= 0.3 is 6.18 Å². The molecule has 6 heteroatoms. The molecule has 2 rings (SSSR count). The maximum absolute atomic E-state index is 12.9. The number of piperazine rings is 1. The molecule has 1 fully saturated rings. The zero-order chi connectivity index (χ0) is 16.2. The summed E-state index contributed by atoms with van der Waals surface area (Å²) in [4.78, 5) is 2.32. The summed E-state index contributed by atoms with van der Waals surface area (Å²) in [6.07, 6.45) is -2.47. The van der Waals surface area contributed by atoms with Crippen molar-refractivity contribution in [1.82, 2.24) is 10.2 Å². The van der Waals surface area contributed by atoms with Crippen molar-refractivity contribution >= 4 is 0 Å². The zero-order valence-electron chi connectivity index (χ0n) is 13.0. The number of benzene rings is 1. The summed E-state index contributed by atoms with van der Waals surface area (Å²) < 4.78 is 43.9. The molecule has 1 aliphatic rings. The lowest BCUT2D eigenvalue weighted by atomic mass is 9.97. The largest absolute Gasteiger partial charge is 0.496 e. The maximum atomic E-state index is 12.9. The summed E-state index contributed by atoms with van der Waals surface area (Å²) in [5.74, 6) is 0.326. The van der Waals surface area contributed by atoms with Gasteiger partial charge in [0.2, 0.25) is 0 Å². The van der Waals surface area contributed by atoms with Gasteiger partial charge < -0.3 is 10.1 Å². The van der Waals surface area contributed by atoms with Crippen LogP contribution in [-0.2, 0) is 6.18 Å². The second-order valence-corrected chi connectivity index (χ2v) is 5.54. The summed E-state index contributed by atoms with van der Waals surface area (Å²) in [5, 5.41) is 3.30. The van der Waals surface area contributed by atoms with Gasteiger partial charge in [-0.25, -0.2) is 0 Å². The number of hydrogen-bond donors (Lipinski definition) is 1. The number of nitrogens with one attached hydrogen (secondary N) is 1. The summed E-state index contributed by atoms with van der Waals surface area (Å²) in [6, 6.07) is 3.94. The van der Waals surface area contributed by atoms with Crippen molar-refractivity contribution in [3.8, 4) is 5.75 Å². The fourth-order valence-corrected chi connectivity index (χ4v) is 2.96. The molecule has 3 nitrogen and oxygen atoms in total. The van der Waals surface area contributed by atoms with Gasteiger partial charge in [-0.2, -0.15) is 13.2 Å². The van der Waals surface area contributed by atoms with E-state index in [4.69, 9.17) is 4.74 Å². The van der Waals surface area contributed by atoms with Gasteiger partial charge in [0.05, 0.1) is 12.7 Å². The van der Waals surface area contributed by atoms with Crippen LogP contribution in [0.15, 0.2) is 18.2 Å². The quantitative estimate of drug-likeness (QED) is 0.900. The number of hydrogen-bond acceptors (Lipinski definition) is 3. The smallest absolute Gasteiger partial charge is 0.416 e. The van der Waals surface area contributed by atoms with Gasteiger partial charge in [0.25, 0.3) is 0 Å². The molecule has 1 heterocycles. The Balaban J connectivity index is 2.33. The third-order valence-corrected chi connectivity index (χ3v) is 4.07. The van der Waals surface area contributed by atoms with Crippen LogP contribution >= 0.6 is 0 Å². The van der Waals surface area contributed by atoms with Crippen LogP contribution in [0.3, 0.4) is 0 Å². The van der Waals surface area contributed by atoms with Gasteiger partial charge in [0.15, 0.2) is 0 Å². The van der Waals surface area contributed by atoms with Crippen LogP contribution in [0.5, 0.6) is 5.75 Å². The minimum absolute atomic E-state index is 0.101. The van der Waals surface area contributed by atoms with E-state index >= 15 is 0 Å². The molecule has 0 bridgehead atoms. The molecule has 1 atom stereocenters. The molecule has 124 valence electrons. The average Bonchev–Trinajstić information content (AvgIpc) is 2.52. The highest BCUT2D eigenvalue weighted by molar-refractivity contribution is 5.40. The molecule has 1 N–H and O–H groups in total. The highest BCUT2D eigenvalue weighted by Crippen LogP contribution is 2.38. The van der Waals surface area contributed by atoms with Crippen LogP contribution in [0.1, 0.15) is 36.9 Å². The number of nitrogens with zero attached hydrogens (tertiary/aromatic N) is 1. The first-order valence-corrected chi connectivity index (χ1v) is 7.67. The van der Waals surface area contributed by atoms with Crippen LogP contribution < -0.4 is 10.1 Å². The van der Waals surface area contributed by atoms with Gasteiger partial charge in [-0.15, -0.1) is 0 Å². The molecule has 1 aromatic carbocycles. The molecule has 0 aromatic heterocycles. The van der Waals surface area contributed by atoms with E-state index in [1.54, 1.807) is 6.07 Å². The van der Waals surface area contributed by atoms with Crippen molar-refractivity contribution in [3.05, 3.63) is 29.3 Å². The molecule has 0 amide bonds. The second-order valence-electron chi connectivity index (χ2n) is 5.54. The normalized spacial score (nSPS) is 18.2. The van der Waals surface area contributed by atoms with Crippen molar-refractivity contribution in [3.63, 3.8) is 0 Å². The summed E-state index contributed by atoms with van der Waals surface area (Å²) >= 11 is 0. The van der Waals surface area contributed by atoms with Gasteiger partial charge in [-0.05, 0) is 18.6 Å². The van der Waals surface area contributed by atoms with E-state index in [0.717, 1.165) is 56.7 Å². The lowest BCUT2D eigenvalue weighted by Crippen LogP contribution is -2.45. The van der Waals surface area contributed by atoms with Gasteiger partial charge in [0, 0.05) is 37.8 Å². The minimum Gasteiger partial charge on any atom is -0.496 e. The average molecular weight is 316 g/mol. The Bertz CT molecular complexity index is 485. The van der Waals surface area contributed by atoms with E-state index in [1.807, 2.05) is 0 Å². The van der Waals surface area contributed by atoms with Crippen LogP contribution in [-0.4, -0.2) is 38.2 Å². The van der Waals surface area contributed by atoms with E-state index in [2.05, 4.69) is 17.1 Å². The minimum atomic E-state index is -4.35. The fraction of sp³-hybridized carbons (Fsp3) is 0.625. The van der Waals surface area contributed by atoms with E-state index in [1.165, 1.54) is 7.11 Å². The molecule has 1 aliphatic heterocycles. The number of methoxy groups -OCH3 is 1. The Morgan fingerprint density at radius 1 is 1.27 bits per heavy atom. The van der Waals surface area contributed by atoms with Crippen LogP contribution in [0.25, 0.3) is 0 Å². The molecule has 0 spiro atoms. The SMILES string of the molecule is CCC[C@@H](c1ccc(C(F)(F)F)cc1OC)N1CCNCC1. The first-order chi connectivity index (χ1) is 10.5. The predicted molar refractivity (Wildman–Crippen MR) is 80.1 cm³/mol. The summed E-state index contributed by atoms with van der Waals surface area (Å²) in [6.45, 7) is 5.70. The van der Waals surface area contributed by atoms with Crippen LogP contribution in [0.4, 0.5) is 13.2 Å². The van der Waals surface area contributed by atoms with Gasteiger partial charge in [-0.1, -0.05) is 19.4 Å².